The van der Waals surface area contributed by atoms with E-state index in [1.807, 2.05) is 24.3 Å². The molecule has 23 heavy (non-hydrogen) atoms. The Balaban J connectivity index is 1.64. The summed E-state index contributed by atoms with van der Waals surface area (Å²) >= 11 is 1.66. The van der Waals surface area contributed by atoms with Crippen LogP contribution in [0.4, 0.5) is 5.95 Å². The van der Waals surface area contributed by atoms with E-state index >= 15 is 0 Å². The first-order chi connectivity index (χ1) is 11.4. The molecular formula is C17H16N4OS. The summed E-state index contributed by atoms with van der Waals surface area (Å²) < 4.78 is 5.67. The third-order valence-corrected chi connectivity index (χ3v) is 4.73. The normalized spacial score (nSPS) is 18.1. The van der Waals surface area contributed by atoms with Crippen molar-refractivity contribution in [2.45, 2.75) is 6.04 Å². The van der Waals surface area contributed by atoms with Gasteiger partial charge in [-0.2, -0.15) is 0 Å². The number of thiazole rings is 1. The van der Waals surface area contributed by atoms with Crippen molar-refractivity contribution in [1.82, 2.24) is 15.0 Å². The molecule has 3 aromatic rings. The van der Waals surface area contributed by atoms with Crippen molar-refractivity contribution < 1.29 is 4.74 Å². The SMILES string of the molecule is c1ccc(-c2nc([C@H]3COCCN3c3ncccn3)cs2)cc1. The highest BCUT2D eigenvalue weighted by Gasteiger charge is 2.28. The van der Waals surface area contributed by atoms with Gasteiger partial charge in [0.1, 0.15) is 5.01 Å². The Morgan fingerprint density at radius 3 is 2.74 bits per heavy atom. The summed E-state index contributed by atoms with van der Waals surface area (Å²) in [5.74, 6) is 0.732. The van der Waals surface area contributed by atoms with E-state index in [-0.39, 0.29) is 6.04 Å². The Bertz CT molecular complexity index is 763. The predicted octanol–water partition coefficient (Wildman–Crippen LogP) is 3.18. The minimum Gasteiger partial charge on any atom is -0.377 e. The highest BCUT2D eigenvalue weighted by atomic mass is 32.1. The van der Waals surface area contributed by atoms with Gasteiger partial charge in [0.25, 0.3) is 0 Å². The molecule has 1 saturated heterocycles. The molecule has 3 heterocycles. The molecular weight excluding hydrogens is 308 g/mol. The molecule has 4 rings (SSSR count). The topological polar surface area (TPSA) is 51.1 Å². The maximum absolute atomic E-state index is 5.67. The van der Waals surface area contributed by atoms with Crippen LogP contribution in [0.25, 0.3) is 10.6 Å². The van der Waals surface area contributed by atoms with Crippen molar-refractivity contribution in [2.75, 3.05) is 24.7 Å². The van der Waals surface area contributed by atoms with Crippen LogP contribution in [-0.4, -0.2) is 34.7 Å². The number of hydrogen-bond acceptors (Lipinski definition) is 6. The maximum atomic E-state index is 5.67. The summed E-state index contributed by atoms with van der Waals surface area (Å²) in [5, 5.41) is 3.14. The molecule has 0 spiro atoms. The Kier molecular flexibility index (Phi) is 4.00. The van der Waals surface area contributed by atoms with Crippen molar-refractivity contribution in [3.8, 4) is 10.6 Å². The van der Waals surface area contributed by atoms with Gasteiger partial charge in [0.2, 0.25) is 5.95 Å². The van der Waals surface area contributed by atoms with Gasteiger partial charge in [0.05, 0.1) is 24.9 Å². The first kappa shape index (κ1) is 14.3. The van der Waals surface area contributed by atoms with Crippen molar-refractivity contribution in [1.29, 1.82) is 0 Å². The zero-order valence-corrected chi connectivity index (χ0v) is 13.3. The Morgan fingerprint density at radius 2 is 1.91 bits per heavy atom. The lowest BCUT2D eigenvalue weighted by atomic mass is 10.2. The molecule has 0 saturated carbocycles. The van der Waals surface area contributed by atoms with Crippen LogP contribution in [0.15, 0.2) is 54.2 Å². The molecule has 0 radical (unpaired) electrons. The Labute approximate surface area is 138 Å². The fraction of sp³-hybridized carbons (Fsp3) is 0.235. The van der Waals surface area contributed by atoms with Gasteiger partial charge in [-0.05, 0) is 6.07 Å². The summed E-state index contributed by atoms with van der Waals surface area (Å²) in [6, 6.07) is 12.1. The minimum absolute atomic E-state index is 0.0554. The molecule has 6 heteroatoms. The van der Waals surface area contributed by atoms with E-state index < -0.39 is 0 Å². The van der Waals surface area contributed by atoms with E-state index in [2.05, 4.69) is 32.4 Å². The summed E-state index contributed by atoms with van der Waals surface area (Å²) in [6.07, 6.45) is 3.54. The summed E-state index contributed by atoms with van der Waals surface area (Å²) in [7, 11) is 0. The van der Waals surface area contributed by atoms with Crippen molar-refractivity contribution >= 4 is 17.3 Å². The van der Waals surface area contributed by atoms with Gasteiger partial charge in [-0.25, -0.2) is 15.0 Å². The first-order valence-corrected chi connectivity index (χ1v) is 8.42. The molecule has 1 aliphatic heterocycles. The molecule has 0 bridgehead atoms. The lowest BCUT2D eigenvalue weighted by molar-refractivity contribution is 0.0923. The van der Waals surface area contributed by atoms with Crippen molar-refractivity contribution in [2.24, 2.45) is 0 Å². The van der Waals surface area contributed by atoms with Crippen LogP contribution in [-0.2, 0) is 4.74 Å². The lowest BCUT2D eigenvalue weighted by Gasteiger charge is -2.34. The summed E-state index contributed by atoms with van der Waals surface area (Å²) in [5.41, 5.74) is 2.16. The van der Waals surface area contributed by atoms with Crippen molar-refractivity contribution in [3.05, 3.63) is 59.9 Å². The Hall–Kier alpha value is -2.31. The number of hydrogen-bond donors (Lipinski definition) is 0. The van der Waals surface area contributed by atoms with Crippen LogP contribution in [0, 0.1) is 0 Å². The summed E-state index contributed by atoms with van der Waals surface area (Å²) in [4.78, 5) is 15.8. The predicted molar refractivity (Wildman–Crippen MR) is 90.5 cm³/mol. The van der Waals surface area contributed by atoms with Gasteiger partial charge in [-0.1, -0.05) is 30.3 Å². The quantitative estimate of drug-likeness (QED) is 0.740. The fourth-order valence-electron chi connectivity index (χ4n) is 2.68. The van der Waals surface area contributed by atoms with E-state index in [0.29, 0.717) is 13.2 Å². The van der Waals surface area contributed by atoms with Crippen molar-refractivity contribution in [3.63, 3.8) is 0 Å². The van der Waals surface area contributed by atoms with Gasteiger partial charge in [0, 0.05) is 29.9 Å². The second kappa shape index (κ2) is 6.44. The zero-order chi connectivity index (χ0) is 15.5. The molecule has 0 amide bonds. The number of rotatable bonds is 3. The highest BCUT2D eigenvalue weighted by molar-refractivity contribution is 7.13. The summed E-state index contributed by atoms with van der Waals surface area (Å²) in [6.45, 7) is 2.06. The number of aromatic nitrogens is 3. The van der Waals surface area contributed by atoms with E-state index in [1.54, 1.807) is 23.7 Å². The van der Waals surface area contributed by atoms with Crippen LogP contribution in [0.3, 0.4) is 0 Å². The van der Waals surface area contributed by atoms with E-state index in [4.69, 9.17) is 9.72 Å². The van der Waals surface area contributed by atoms with E-state index in [0.717, 1.165) is 28.8 Å². The second-order valence-corrected chi connectivity index (χ2v) is 6.13. The number of nitrogens with zero attached hydrogens (tertiary/aromatic N) is 4. The Morgan fingerprint density at radius 1 is 1.09 bits per heavy atom. The van der Waals surface area contributed by atoms with E-state index in [1.165, 1.54) is 0 Å². The first-order valence-electron chi connectivity index (χ1n) is 7.54. The number of morpholine rings is 1. The highest BCUT2D eigenvalue weighted by Crippen LogP contribution is 2.31. The second-order valence-electron chi connectivity index (χ2n) is 5.28. The number of anilines is 1. The number of benzene rings is 1. The van der Waals surface area contributed by atoms with E-state index in [9.17, 15) is 0 Å². The maximum Gasteiger partial charge on any atom is 0.225 e. The van der Waals surface area contributed by atoms with Crippen LogP contribution in [0.5, 0.6) is 0 Å². The molecule has 0 N–H and O–H groups in total. The van der Waals surface area contributed by atoms with Gasteiger partial charge in [-0.15, -0.1) is 11.3 Å². The molecule has 0 unspecified atom stereocenters. The van der Waals surface area contributed by atoms with Gasteiger partial charge < -0.3 is 9.64 Å². The van der Waals surface area contributed by atoms with Crippen LogP contribution in [0.2, 0.25) is 0 Å². The zero-order valence-electron chi connectivity index (χ0n) is 12.5. The third-order valence-electron chi connectivity index (χ3n) is 3.82. The van der Waals surface area contributed by atoms with Crippen LogP contribution in [0.1, 0.15) is 11.7 Å². The molecule has 2 aromatic heterocycles. The fourth-order valence-corrected chi connectivity index (χ4v) is 3.55. The minimum atomic E-state index is 0.0554. The standard InChI is InChI=1S/C17H16N4OS/c1-2-5-13(6-3-1)16-20-14(12-23-16)15-11-22-10-9-21(15)17-18-7-4-8-19-17/h1-8,12,15H,9-11H2/t15-/m1/s1. The average molecular weight is 324 g/mol. The third kappa shape index (κ3) is 2.95. The molecule has 1 aliphatic rings. The largest absolute Gasteiger partial charge is 0.377 e. The molecule has 5 nitrogen and oxygen atoms in total. The smallest absolute Gasteiger partial charge is 0.225 e. The molecule has 1 atom stereocenters. The molecule has 1 aromatic carbocycles. The lowest BCUT2D eigenvalue weighted by Crippen LogP contribution is -2.40. The van der Waals surface area contributed by atoms with Crippen LogP contribution < -0.4 is 4.90 Å². The number of ether oxygens (including phenoxy) is 1. The van der Waals surface area contributed by atoms with Gasteiger partial charge in [0.15, 0.2) is 0 Å². The molecule has 0 aliphatic carbocycles. The monoisotopic (exact) mass is 324 g/mol. The average Bonchev–Trinajstić information content (AvgIpc) is 3.13. The molecule has 1 fully saturated rings. The van der Waals surface area contributed by atoms with Gasteiger partial charge >= 0.3 is 0 Å². The molecule has 116 valence electrons. The van der Waals surface area contributed by atoms with Gasteiger partial charge in [-0.3, -0.25) is 0 Å². The van der Waals surface area contributed by atoms with Crippen LogP contribution >= 0.6 is 11.3 Å².